The van der Waals surface area contributed by atoms with Crippen LogP contribution in [0.1, 0.15) is 27.4 Å². The van der Waals surface area contributed by atoms with Crippen LogP contribution in [0.5, 0.6) is 0 Å². The summed E-state index contributed by atoms with van der Waals surface area (Å²) in [6.45, 7) is 2.07. The van der Waals surface area contributed by atoms with Crippen LogP contribution in [0.3, 0.4) is 0 Å². The van der Waals surface area contributed by atoms with E-state index in [-0.39, 0.29) is 0 Å². The maximum atomic E-state index is 5.29. The van der Waals surface area contributed by atoms with Gasteiger partial charge in [-0.1, -0.05) is 0 Å². The van der Waals surface area contributed by atoms with Crippen LogP contribution in [0.25, 0.3) is 11.5 Å². The van der Waals surface area contributed by atoms with Crippen molar-refractivity contribution in [3.05, 3.63) is 37.9 Å². The number of nitrogens with zero attached hydrogens (tertiary/aromatic N) is 4. The zero-order valence-electron chi connectivity index (χ0n) is 12.0. The number of aryl methyl sites for hydroxylation is 2. The lowest BCUT2D eigenvalue weighted by atomic mass is 10.2. The molecule has 0 atom stereocenters. The lowest BCUT2D eigenvalue weighted by Crippen LogP contribution is -1.96. The molecule has 0 radical (unpaired) electrons. The average molecular weight is 330 g/mol. The van der Waals surface area contributed by atoms with E-state index in [0.29, 0.717) is 10.6 Å². The fraction of sp³-hybridized carbons (Fsp3) is 0.286. The zero-order valence-corrected chi connectivity index (χ0v) is 13.6. The molecule has 3 heterocycles. The number of aromatic nitrogens is 5. The molecule has 1 aliphatic carbocycles. The Labute approximate surface area is 135 Å². The molecule has 0 fully saturated rings. The summed E-state index contributed by atoms with van der Waals surface area (Å²) in [4.78, 5) is 2.33. The van der Waals surface area contributed by atoms with Gasteiger partial charge in [0, 0.05) is 21.0 Å². The van der Waals surface area contributed by atoms with Gasteiger partial charge in [0.15, 0.2) is 0 Å². The number of H-pyrrole nitrogens is 2. The number of thiophene rings is 1. The maximum Gasteiger partial charge on any atom is 0.216 e. The highest BCUT2D eigenvalue weighted by molar-refractivity contribution is 7.71. The van der Waals surface area contributed by atoms with E-state index in [4.69, 9.17) is 12.2 Å². The summed E-state index contributed by atoms with van der Waals surface area (Å²) in [6.07, 6.45) is 5.03. The highest BCUT2D eigenvalue weighted by atomic mass is 32.1. The van der Waals surface area contributed by atoms with Crippen molar-refractivity contribution < 1.29 is 0 Å². The molecule has 0 amide bonds. The van der Waals surface area contributed by atoms with E-state index >= 15 is 0 Å². The van der Waals surface area contributed by atoms with Gasteiger partial charge in [0.2, 0.25) is 10.6 Å². The van der Waals surface area contributed by atoms with Gasteiger partial charge >= 0.3 is 0 Å². The first-order chi connectivity index (χ1) is 10.7. The van der Waals surface area contributed by atoms with E-state index in [1.165, 1.54) is 16.1 Å². The number of rotatable bonds is 3. The van der Waals surface area contributed by atoms with E-state index in [2.05, 4.69) is 38.5 Å². The van der Waals surface area contributed by atoms with Crippen molar-refractivity contribution in [1.82, 2.24) is 25.1 Å². The number of aromatic amines is 2. The van der Waals surface area contributed by atoms with Crippen LogP contribution in [-0.2, 0) is 12.8 Å². The van der Waals surface area contributed by atoms with Crippen molar-refractivity contribution in [1.29, 1.82) is 0 Å². The summed E-state index contributed by atoms with van der Waals surface area (Å²) in [6, 6.07) is 4.11. The minimum atomic E-state index is 0.467. The second-order valence-electron chi connectivity index (χ2n) is 5.24. The molecule has 8 heteroatoms. The van der Waals surface area contributed by atoms with Gasteiger partial charge in [-0.3, -0.25) is 5.10 Å². The van der Waals surface area contributed by atoms with Gasteiger partial charge in [0.05, 0.1) is 6.21 Å². The molecule has 0 aliphatic heterocycles. The fourth-order valence-electron chi connectivity index (χ4n) is 2.69. The standard InChI is InChI=1S/C14H14N6S2/c1-8-5-6-9(22-8)7-15-20-13(18-19-14(20)21)12-10-3-2-4-11(10)16-17-12/h5-7H,2-4H2,1H3,(H,16,17)(H,19,21). The topological polar surface area (TPSA) is 74.7 Å². The summed E-state index contributed by atoms with van der Waals surface area (Å²) in [5.41, 5.74) is 3.28. The minimum Gasteiger partial charge on any atom is -0.282 e. The highest BCUT2D eigenvalue weighted by Gasteiger charge is 2.23. The summed E-state index contributed by atoms with van der Waals surface area (Å²) in [5.74, 6) is 0.661. The molecular formula is C14H14N6S2. The number of fused-ring (bicyclic) bond motifs is 1. The van der Waals surface area contributed by atoms with Crippen molar-refractivity contribution in [2.24, 2.45) is 5.10 Å². The molecule has 22 heavy (non-hydrogen) atoms. The third-order valence-corrected chi connectivity index (χ3v) is 4.93. The summed E-state index contributed by atoms with van der Waals surface area (Å²) in [7, 11) is 0. The molecule has 3 aromatic heterocycles. The Kier molecular flexibility index (Phi) is 3.27. The molecule has 6 nitrogen and oxygen atoms in total. The van der Waals surface area contributed by atoms with Gasteiger partial charge in [0.25, 0.3) is 0 Å². The first-order valence-electron chi connectivity index (χ1n) is 7.07. The minimum absolute atomic E-state index is 0.467. The van der Waals surface area contributed by atoms with Gasteiger partial charge in [-0.05, 0) is 50.5 Å². The third kappa shape index (κ3) is 2.24. The van der Waals surface area contributed by atoms with Crippen molar-refractivity contribution in [3.8, 4) is 11.5 Å². The van der Waals surface area contributed by atoms with Crippen molar-refractivity contribution in [2.45, 2.75) is 26.2 Å². The molecule has 2 N–H and O–H groups in total. The largest absolute Gasteiger partial charge is 0.282 e. The lowest BCUT2D eigenvalue weighted by molar-refractivity contribution is 0.844. The molecule has 0 saturated carbocycles. The molecule has 3 aromatic rings. The van der Waals surface area contributed by atoms with Crippen molar-refractivity contribution >= 4 is 29.8 Å². The van der Waals surface area contributed by atoms with E-state index in [9.17, 15) is 0 Å². The Bertz CT molecular complexity index is 910. The first kappa shape index (κ1) is 13.6. The van der Waals surface area contributed by atoms with Crippen LogP contribution in [-0.4, -0.2) is 31.3 Å². The molecule has 4 rings (SSSR count). The summed E-state index contributed by atoms with van der Waals surface area (Å²) < 4.78 is 2.10. The van der Waals surface area contributed by atoms with Crippen molar-refractivity contribution in [3.63, 3.8) is 0 Å². The molecule has 0 aromatic carbocycles. The van der Waals surface area contributed by atoms with E-state index < -0.39 is 0 Å². The van der Waals surface area contributed by atoms with Crippen molar-refractivity contribution in [2.75, 3.05) is 0 Å². The van der Waals surface area contributed by atoms with Crippen LogP contribution >= 0.6 is 23.6 Å². The van der Waals surface area contributed by atoms with Crippen LogP contribution in [0.4, 0.5) is 0 Å². The van der Waals surface area contributed by atoms with E-state index in [1.807, 2.05) is 6.07 Å². The molecule has 1 aliphatic rings. The normalized spacial score (nSPS) is 14.0. The second kappa shape index (κ2) is 5.29. The summed E-state index contributed by atoms with van der Waals surface area (Å²) >= 11 is 6.98. The Morgan fingerprint density at radius 1 is 1.32 bits per heavy atom. The summed E-state index contributed by atoms with van der Waals surface area (Å²) in [5, 5.41) is 19.1. The lowest BCUT2D eigenvalue weighted by Gasteiger charge is -1.99. The van der Waals surface area contributed by atoms with Gasteiger partial charge in [0.1, 0.15) is 5.69 Å². The van der Waals surface area contributed by atoms with Gasteiger partial charge in [-0.25, -0.2) is 5.10 Å². The Morgan fingerprint density at radius 3 is 3.05 bits per heavy atom. The molecule has 0 bridgehead atoms. The predicted octanol–water partition coefficient (Wildman–Crippen LogP) is 3.07. The molecule has 0 saturated heterocycles. The number of nitrogens with one attached hydrogen (secondary N) is 2. The van der Waals surface area contributed by atoms with Gasteiger partial charge in [-0.15, -0.1) is 11.3 Å². The first-order valence-corrected chi connectivity index (χ1v) is 8.29. The number of hydrogen-bond acceptors (Lipinski definition) is 5. The maximum absolute atomic E-state index is 5.29. The smallest absolute Gasteiger partial charge is 0.216 e. The van der Waals surface area contributed by atoms with Crippen LogP contribution < -0.4 is 0 Å². The SMILES string of the molecule is Cc1ccc(C=Nn2c(-c3n[nH]c4c3CCC4)n[nH]c2=S)s1. The molecule has 112 valence electrons. The van der Waals surface area contributed by atoms with Gasteiger partial charge < -0.3 is 0 Å². The second-order valence-corrected chi connectivity index (χ2v) is 6.95. The average Bonchev–Trinajstić information content (AvgIpc) is 3.22. The van der Waals surface area contributed by atoms with Gasteiger partial charge in [-0.2, -0.15) is 20.0 Å². The molecule has 0 spiro atoms. The van der Waals surface area contributed by atoms with Crippen LogP contribution in [0.2, 0.25) is 0 Å². The highest BCUT2D eigenvalue weighted by Crippen LogP contribution is 2.29. The zero-order chi connectivity index (χ0) is 15.1. The predicted molar refractivity (Wildman–Crippen MR) is 89.1 cm³/mol. The number of hydrogen-bond donors (Lipinski definition) is 2. The Morgan fingerprint density at radius 2 is 2.23 bits per heavy atom. The third-order valence-electron chi connectivity index (χ3n) is 3.73. The van der Waals surface area contributed by atoms with Crippen LogP contribution in [0, 0.1) is 11.7 Å². The van der Waals surface area contributed by atoms with E-state index in [0.717, 1.165) is 29.8 Å². The molecular weight excluding hydrogens is 316 g/mol. The monoisotopic (exact) mass is 330 g/mol. The quantitative estimate of drug-likeness (QED) is 0.572. The van der Waals surface area contributed by atoms with E-state index in [1.54, 1.807) is 22.2 Å². The van der Waals surface area contributed by atoms with Crippen LogP contribution in [0.15, 0.2) is 17.2 Å². The Balaban J connectivity index is 1.76. The Hall–Kier alpha value is -2.06. The molecule has 0 unspecified atom stereocenters. The fourth-order valence-corrected chi connectivity index (χ4v) is 3.62.